The lowest BCUT2D eigenvalue weighted by molar-refractivity contribution is -0.131. The topological polar surface area (TPSA) is 44.1 Å². The molecule has 3 nitrogen and oxygen atoms in total. The van der Waals surface area contributed by atoms with Crippen LogP contribution in [0, 0.1) is 17.2 Å². The average Bonchev–Trinajstić information content (AvgIpc) is 2.49. The van der Waals surface area contributed by atoms with Crippen molar-refractivity contribution in [1.29, 1.82) is 5.26 Å². The lowest BCUT2D eigenvalue weighted by Gasteiger charge is -2.17. The van der Waals surface area contributed by atoms with Crippen LogP contribution in [0.5, 0.6) is 0 Å². The van der Waals surface area contributed by atoms with Gasteiger partial charge in [-0.25, -0.2) is 0 Å². The smallest absolute Gasteiger partial charge is 0.230 e. The third-order valence-electron chi connectivity index (χ3n) is 1.86. The van der Waals surface area contributed by atoms with Crippen molar-refractivity contribution in [3.63, 3.8) is 0 Å². The molecule has 0 saturated heterocycles. The molecule has 0 bridgehead atoms. The van der Waals surface area contributed by atoms with Gasteiger partial charge in [-0.05, 0) is 12.5 Å². The molecule has 0 aliphatic carbocycles. The minimum Gasteiger partial charge on any atom is -0.303 e. The maximum atomic E-state index is 11.4. The van der Waals surface area contributed by atoms with Gasteiger partial charge in [-0.2, -0.15) is 5.26 Å². The van der Waals surface area contributed by atoms with Gasteiger partial charge in [0.15, 0.2) is 0 Å². The zero-order valence-corrected chi connectivity index (χ0v) is 7.37. The lowest BCUT2D eigenvalue weighted by Crippen LogP contribution is -2.30. The molecule has 1 heterocycles. The summed E-state index contributed by atoms with van der Waals surface area (Å²) in [6, 6.07) is 2.02. The van der Waals surface area contributed by atoms with Crippen molar-refractivity contribution >= 4 is 5.91 Å². The van der Waals surface area contributed by atoms with Crippen molar-refractivity contribution in [2.45, 2.75) is 20.3 Å². The SMILES string of the molecule is CC(C)C(=O)N1CCC=C1C#N. The monoisotopic (exact) mass is 164 g/mol. The normalized spacial score (nSPS) is 16.2. The zero-order chi connectivity index (χ0) is 9.14. The Hall–Kier alpha value is -1.30. The van der Waals surface area contributed by atoms with Gasteiger partial charge in [-0.3, -0.25) is 4.79 Å². The van der Waals surface area contributed by atoms with Crippen LogP contribution in [0.2, 0.25) is 0 Å². The number of nitrogens with zero attached hydrogens (tertiary/aromatic N) is 2. The molecule has 0 aromatic rings. The lowest BCUT2D eigenvalue weighted by atomic mass is 10.2. The third kappa shape index (κ3) is 1.48. The molecule has 0 N–H and O–H groups in total. The van der Waals surface area contributed by atoms with Gasteiger partial charge in [0, 0.05) is 12.5 Å². The molecule has 0 saturated carbocycles. The second-order valence-electron chi connectivity index (χ2n) is 3.13. The van der Waals surface area contributed by atoms with Gasteiger partial charge >= 0.3 is 0 Å². The van der Waals surface area contributed by atoms with Gasteiger partial charge in [0.2, 0.25) is 5.91 Å². The van der Waals surface area contributed by atoms with Crippen molar-refractivity contribution in [2.75, 3.05) is 6.54 Å². The van der Waals surface area contributed by atoms with Crippen LogP contribution in [0.3, 0.4) is 0 Å². The number of amides is 1. The van der Waals surface area contributed by atoms with E-state index >= 15 is 0 Å². The number of rotatable bonds is 1. The summed E-state index contributed by atoms with van der Waals surface area (Å²) in [5.74, 6) is 0.0140. The van der Waals surface area contributed by atoms with Crippen molar-refractivity contribution in [1.82, 2.24) is 4.90 Å². The molecular weight excluding hydrogens is 152 g/mol. The molecule has 0 radical (unpaired) electrons. The van der Waals surface area contributed by atoms with E-state index in [1.165, 1.54) is 0 Å². The first kappa shape index (κ1) is 8.79. The van der Waals surface area contributed by atoms with E-state index in [-0.39, 0.29) is 11.8 Å². The Kier molecular flexibility index (Phi) is 2.49. The number of allylic oxidation sites excluding steroid dienone is 1. The molecule has 0 aromatic carbocycles. The summed E-state index contributed by atoms with van der Waals surface area (Å²) in [5.41, 5.74) is 0.508. The summed E-state index contributed by atoms with van der Waals surface area (Å²) >= 11 is 0. The van der Waals surface area contributed by atoms with E-state index in [9.17, 15) is 4.79 Å². The number of carbonyl (C=O) groups excluding carboxylic acids is 1. The molecule has 0 unspecified atom stereocenters. The van der Waals surface area contributed by atoms with Crippen molar-refractivity contribution in [3.05, 3.63) is 11.8 Å². The minimum absolute atomic E-state index is 0.0279. The van der Waals surface area contributed by atoms with E-state index in [2.05, 4.69) is 0 Å². The Bertz CT molecular complexity index is 260. The third-order valence-corrected chi connectivity index (χ3v) is 1.86. The molecule has 0 fully saturated rings. The summed E-state index contributed by atoms with van der Waals surface area (Å²) in [5, 5.41) is 8.65. The Labute approximate surface area is 72.3 Å². The number of carbonyl (C=O) groups is 1. The highest BCUT2D eigenvalue weighted by molar-refractivity contribution is 5.81. The van der Waals surface area contributed by atoms with Crippen LogP contribution >= 0.6 is 0 Å². The van der Waals surface area contributed by atoms with E-state index in [4.69, 9.17) is 5.26 Å². The van der Waals surface area contributed by atoms with Crippen molar-refractivity contribution in [2.24, 2.45) is 5.92 Å². The summed E-state index contributed by atoms with van der Waals surface area (Å²) in [6.07, 6.45) is 2.61. The summed E-state index contributed by atoms with van der Waals surface area (Å²) in [7, 11) is 0. The molecule has 0 spiro atoms. The molecule has 3 heteroatoms. The molecule has 64 valence electrons. The fourth-order valence-electron chi connectivity index (χ4n) is 1.21. The van der Waals surface area contributed by atoms with Crippen molar-refractivity contribution < 1.29 is 4.79 Å². The molecule has 12 heavy (non-hydrogen) atoms. The maximum Gasteiger partial charge on any atom is 0.230 e. The van der Waals surface area contributed by atoms with Crippen LogP contribution in [0.25, 0.3) is 0 Å². The Morgan fingerprint density at radius 1 is 1.75 bits per heavy atom. The van der Waals surface area contributed by atoms with Gasteiger partial charge in [-0.15, -0.1) is 0 Å². The molecule has 1 amide bonds. The molecule has 1 aliphatic rings. The Morgan fingerprint density at radius 2 is 2.42 bits per heavy atom. The molecule has 1 aliphatic heterocycles. The first-order valence-corrected chi connectivity index (χ1v) is 4.08. The minimum atomic E-state index is -0.0279. The summed E-state index contributed by atoms with van der Waals surface area (Å²) in [4.78, 5) is 13.0. The highest BCUT2D eigenvalue weighted by Gasteiger charge is 2.23. The van der Waals surface area contributed by atoms with Gasteiger partial charge in [0.05, 0.1) is 0 Å². The second-order valence-corrected chi connectivity index (χ2v) is 3.13. The number of nitriles is 1. The van der Waals surface area contributed by atoms with Crippen LogP contribution in [0.4, 0.5) is 0 Å². The van der Waals surface area contributed by atoms with Gasteiger partial charge < -0.3 is 4.90 Å². The fraction of sp³-hybridized carbons (Fsp3) is 0.556. The van der Waals surface area contributed by atoms with Crippen LogP contribution in [-0.2, 0) is 4.79 Å². The maximum absolute atomic E-state index is 11.4. The largest absolute Gasteiger partial charge is 0.303 e. The fourth-order valence-corrected chi connectivity index (χ4v) is 1.21. The van der Waals surface area contributed by atoms with Crippen LogP contribution in [-0.4, -0.2) is 17.4 Å². The van der Waals surface area contributed by atoms with Crippen LogP contribution in [0.15, 0.2) is 11.8 Å². The van der Waals surface area contributed by atoms with Gasteiger partial charge in [-0.1, -0.05) is 13.8 Å². The number of hydrogen-bond donors (Lipinski definition) is 0. The summed E-state index contributed by atoms with van der Waals surface area (Å²) < 4.78 is 0. The molecular formula is C9H12N2O. The predicted molar refractivity (Wildman–Crippen MR) is 44.9 cm³/mol. The highest BCUT2D eigenvalue weighted by Crippen LogP contribution is 2.16. The van der Waals surface area contributed by atoms with Crippen LogP contribution < -0.4 is 0 Å². The van der Waals surface area contributed by atoms with E-state index in [1.807, 2.05) is 19.9 Å². The Balaban J connectivity index is 2.73. The average molecular weight is 164 g/mol. The summed E-state index contributed by atoms with van der Waals surface area (Å²) in [6.45, 7) is 4.35. The standard InChI is InChI=1S/C9H12N2O/c1-7(2)9(12)11-5-3-4-8(11)6-10/h4,7H,3,5H2,1-2H3. The predicted octanol–water partition coefficient (Wildman–Crippen LogP) is 1.28. The van der Waals surface area contributed by atoms with Gasteiger partial charge in [0.1, 0.15) is 11.8 Å². The quantitative estimate of drug-likeness (QED) is 0.586. The molecule has 0 aromatic heterocycles. The van der Waals surface area contributed by atoms with Crippen molar-refractivity contribution in [3.8, 4) is 6.07 Å². The van der Waals surface area contributed by atoms with E-state index in [0.29, 0.717) is 12.2 Å². The van der Waals surface area contributed by atoms with E-state index in [1.54, 1.807) is 11.0 Å². The highest BCUT2D eigenvalue weighted by atomic mass is 16.2. The first-order chi connectivity index (χ1) is 5.66. The molecule has 0 atom stereocenters. The van der Waals surface area contributed by atoms with Gasteiger partial charge in [0.25, 0.3) is 0 Å². The first-order valence-electron chi connectivity index (χ1n) is 4.08. The zero-order valence-electron chi connectivity index (χ0n) is 7.37. The van der Waals surface area contributed by atoms with E-state index < -0.39 is 0 Å². The van der Waals surface area contributed by atoms with Crippen LogP contribution in [0.1, 0.15) is 20.3 Å². The number of hydrogen-bond acceptors (Lipinski definition) is 2. The molecule has 1 rings (SSSR count). The second kappa shape index (κ2) is 3.40. The van der Waals surface area contributed by atoms with E-state index in [0.717, 1.165) is 6.42 Å². The Morgan fingerprint density at radius 3 is 2.92 bits per heavy atom.